The molecule has 0 radical (unpaired) electrons. The van der Waals surface area contributed by atoms with Crippen molar-refractivity contribution >= 4 is 27.7 Å². The first-order valence-corrected chi connectivity index (χ1v) is 7.63. The molecule has 0 aromatic carbocycles. The number of ketones is 1. The summed E-state index contributed by atoms with van der Waals surface area (Å²) < 4.78 is 35.7. The molecule has 94 valence electrons. The molecule has 0 aromatic heterocycles. The number of nitrogens with two attached hydrogens (primary N) is 1. The molecule has 6 nitrogen and oxygen atoms in total. The predicted octanol–water partition coefficient (Wildman–Crippen LogP) is -0.709. The van der Waals surface area contributed by atoms with E-state index in [4.69, 9.17) is 15.0 Å². The summed E-state index contributed by atoms with van der Waals surface area (Å²) in [6.07, 6.45) is 1.52. The minimum Gasteiger partial charge on any atom is -0.371 e. The smallest absolute Gasteiger partial charge is 0.277 e. The Bertz CT molecular complexity index is 351. The van der Waals surface area contributed by atoms with Crippen molar-refractivity contribution in [1.29, 1.82) is 0 Å². The van der Waals surface area contributed by atoms with Crippen LogP contribution in [0.4, 0.5) is 0 Å². The van der Waals surface area contributed by atoms with Gasteiger partial charge < -0.3 is 10.5 Å². The quantitative estimate of drug-likeness (QED) is 0.464. The maximum absolute atomic E-state index is 11.7. The molecule has 3 unspecified atom stereocenters. The van der Waals surface area contributed by atoms with E-state index in [9.17, 15) is 13.2 Å². The van der Waals surface area contributed by atoms with E-state index in [0.29, 0.717) is 12.2 Å². The van der Waals surface area contributed by atoms with Gasteiger partial charge in [-0.1, -0.05) is 0 Å². The molecule has 8 heteroatoms. The average Bonchev–Trinajstić information content (AvgIpc) is 2.96. The lowest BCUT2D eigenvalue weighted by Crippen LogP contribution is -2.45. The van der Waals surface area contributed by atoms with Crippen LogP contribution in [0, 0.1) is 0 Å². The summed E-state index contributed by atoms with van der Waals surface area (Å²) in [6, 6.07) is -0.872. The van der Waals surface area contributed by atoms with Gasteiger partial charge in [-0.3, -0.25) is 9.35 Å². The fourth-order valence-corrected chi connectivity index (χ4v) is 2.85. The van der Waals surface area contributed by atoms with Crippen molar-refractivity contribution in [2.45, 2.75) is 23.8 Å². The summed E-state index contributed by atoms with van der Waals surface area (Å²) >= 11 is 1.52. The second-order valence-electron chi connectivity index (χ2n) is 3.60. The topological polar surface area (TPSA) is 110 Å². The molecule has 0 spiro atoms. The number of carbonyl (C=O) groups is 1. The lowest BCUT2D eigenvalue weighted by atomic mass is 10.1. The summed E-state index contributed by atoms with van der Waals surface area (Å²) in [5, 5.41) is -1.52. The van der Waals surface area contributed by atoms with E-state index in [1.54, 1.807) is 0 Å². The maximum atomic E-state index is 11.7. The molecular weight excluding hydrogens is 254 g/mol. The van der Waals surface area contributed by atoms with Gasteiger partial charge in [-0.2, -0.15) is 20.2 Å². The number of Topliss-reactive ketones (excluding diaryl/α,β-unsaturated/α-hetero) is 1. The maximum Gasteiger partial charge on any atom is 0.277 e. The summed E-state index contributed by atoms with van der Waals surface area (Å²) in [4.78, 5) is 11.7. The average molecular weight is 269 g/mol. The number of hydrogen-bond donors (Lipinski definition) is 2. The van der Waals surface area contributed by atoms with E-state index in [1.165, 1.54) is 11.8 Å². The van der Waals surface area contributed by atoms with Crippen molar-refractivity contribution in [2.24, 2.45) is 5.73 Å². The Morgan fingerprint density at radius 3 is 2.62 bits per heavy atom. The van der Waals surface area contributed by atoms with Gasteiger partial charge in [0.05, 0.1) is 12.6 Å². The van der Waals surface area contributed by atoms with Gasteiger partial charge in [0, 0.05) is 0 Å². The Kier molecular flexibility index (Phi) is 4.74. The molecule has 0 aromatic rings. The van der Waals surface area contributed by atoms with Crippen LogP contribution in [0.15, 0.2) is 0 Å². The van der Waals surface area contributed by atoms with Crippen LogP contribution in [0.3, 0.4) is 0 Å². The standard InChI is InChI=1S/C8H15NO5S2/c1-15-3-2-5(9)7(10)8(6-4-14-6)16(11,12)13/h5-6,8H,2-4,9H2,1H3,(H,11,12,13). The zero-order valence-corrected chi connectivity index (χ0v) is 10.5. The van der Waals surface area contributed by atoms with Gasteiger partial charge in [-0.15, -0.1) is 0 Å². The van der Waals surface area contributed by atoms with Crippen LogP contribution in [0.25, 0.3) is 0 Å². The Balaban J connectivity index is 2.68. The highest BCUT2D eigenvalue weighted by molar-refractivity contribution is 7.98. The number of carbonyl (C=O) groups excluding carboxylic acids is 1. The number of ether oxygens (including phenoxy) is 1. The fraction of sp³-hybridized carbons (Fsp3) is 0.875. The Morgan fingerprint density at radius 2 is 2.25 bits per heavy atom. The van der Waals surface area contributed by atoms with Crippen molar-refractivity contribution in [2.75, 3.05) is 18.6 Å². The van der Waals surface area contributed by atoms with E-state index < -0.39 is 33.3 Å². The van der Waals surface area contributed by atoms with Crippen LogP contribution in [0.1, 0.15) is 6.42 Å². The molecule has 1 fully saturated rings. The van der Waals surface area contributed by atoms with Crippen LogP contribution in [0.5, 0.6) is 0 Å². The van der Waals surface area contributed by atoms with Gasteiger partial charge in [0.15, 0.2) is 11.0 Å². The molecule has 1 aliphatic heterocycles. The van der Waals surface area contributed by atoms with Crippen molar-refractivity contribution in [1.82, 2.24) is 0 Å². The molecule has 1 heterocycles. The number of hydrogen-bond acceptors (Lipinski definition) is 6. The summed E-state index contributed by atoms with van der Waals surface area (Å²) in [5.41, 5.74) is 5.57. The van der Waals surface area contributed by atoms with Gasteiger partial charge in [-0.25, -0.2) is 0 Å². The highest BCUT2D eigenvalue weighted by atomic mass is 32.2. The molecule has 0 aliphatic carbocycles. The molecule has 1 aliphatic rings. The molecule has 0 amide bonds. The van der Waals surface area contributed by atoms with Crippen LogP contribution >= 0.6 is 11.8 Å². The molecule has 1 saturated heterocycles. The molecule has 3 atom stereocenters. The van der Waals surface area contributed by atoms with Crippen molar-refractivity contribution in [3.8, 4) is 0 Å². The van der Waals surface area contributed by atoms with Crippen molar-refractivity contribution < 1.29 is 22.5 Å². The lowest BCUT2D eigenvalue weighted by Gasteiger charge is -2.15. The molecule has 0 bridgehead atoms. The number of rotatable bonds is 7. The number of epoxide rings is 1. The van der Waals surface area contributed by atoms with Gasteiger partial charge in [0.1, 0.15) is 6.10 Å². The highest BCUT2D eigenvalue weighted by Gasteiger charge is 2.47. The highest BCUT2D eigenvalue weighted by Crippen LogP contribution is 2.22. The zero-order valence-electron chi connectivity index (χ0n) is 8.83. The largest absolute Gasteiger partial charge is 0.371 e. The molecule has 0 saturated carbocycles. The van der Waals surface area contributed by atoms with Crippen LogP contribution in [0.2, 0.25) is 0 Å². The predicted molar refractivity (Wildman–Crippen MR) is 61.1 cm³/mol. The lowest BCUT2D eigenvalue weighted by molar-refractivity contribution is -0.120. The van der Waals surface area contributed by atoms with E-state index in [-0.39, 0.29) is 6.61 Å². The van der Waals surface area contributed by atoms with E-state index in [1.807, 2.05) is 6.26 Å². The van der Waals surface area contributed by atoms with Crippen molar-refractivity contribution in [3.63, 3.8) is 0 Å². The Hall–Kier alpha value is -0.150. The minimum atomic E-state index is -4.43. The second-order valence-corrected chi connectivity index (χ2v) is 6.12. The van der Waals surface area contributed by atoms with Crippen molar-refractivity contribution in [3.05, 3.63) is 0 Å². The molecular formula is C8H15NO5S2. The third-order valence-electron chi connectivity index (χ3n) is 2.30. The van der Waals surface area contributed by atoms with Crippen LogP contribution in [-0.2, 0) is 19.6 Å². The normalized spacial score (nSPS) is 23.8. The first-order valence-electron chi connectivity index (χ1n) is 4.74. The zero-order chi connectivity index (χ0) is 12.3. The van der Waals surface area contributed by atoms with Gasteiger partial charge >= 0.3 is 0 Å². The van der Waals surface area contributed by atoms with E-state index >= 15 is 0 Å². The van der Waals surface area contributed by atoms with Crippen LogP contribution < -0.4 is 5.73 Å². The van der Waals surface area contributed by atoms with Gasteiger partial charge in [-0.05, 0) is 18.4 Å². The fourth-order valence-electron chi connectivity index (χ4n) is 1.35. The summed E-state index contributed by atoms with van der Waals surface area (Å²) in [6.45, 7) is 0.172. The summed E-state index contributed by atoms with van der Waals surface area (Å²) in [5.74, 6) is -0.00423. The summed E-state index contributed by atoms with van der Waals surface area (Å²) in [7, 11) is -4.43. The molecule has 16 heavy (non-hydrogen) atoms. The second kappa shape index (κ2) is 5.46. The Morgan fingerprint density at radius 1 is 1.69 bits per heavy atom. The first kappa shape index (κ1) is 13.9. The Labute approximate surface area is 98.7 Å². The van der Waals surface area contributed by atoms with Gasteiger partial charge in [0.2, 0.25) is 0 Å². The number of thioether (sulfide) groups is 1. The first-order chi connectivity index (χ1) is 7.38. The third-order valence-corrected chi connectivity index (χ3v) is 4.12. The third kappa shape index (κ3) is 3.70. The van der Waals surface area contributed by atoms with Gasteiger partial charge in [0.25, 0.3) is 10.1 Å². The van der Waals surface area contributed by atoms with Crippen LogP contribution in [-0.4, -0.2) is 54.8 Å². The van der Waals surface area contributed by atoms with E-state index in [0.717, 1.165) is 0 Å². The molecule has 1 rings (SSSR count). The van der Waals surface area contributed by atoms with E-state index in [2.05, 4.69) is 0 Å². The minimum absolute atomic E-state index is 0.172. The SMILES string of the molecule is CSCCC(N)C(=O)C(C1CO1)S(=O)(=O)O. The molecule has 3 N–H and O–H groups in total. The monoisotopic (exact) mass is 269 g/mol.